The van der Waals surface area contributed by atoms with Gasteiger partial charge in [0.15, 0.2) is 0 Å². The third kappa shape index (κ3) is 5.69. The van der Waals surface area contributed by atoms with Crippen LogP contribution in [0.25, 0.3) is 10.9 Å². The van der Waals surface area contributed by atoms with E-state index in [2.05, 4.69) is 20.2 Å². The van der Waals surface area contributed by atoms with E-state index < -0.39 is 24.4 Å². The normalized spacial score (nSPS) is 17.5. The third-order valence-corrected chi connectivity index (χ3v) is 6.67. The largest absolute Gasteiger partial charge is 0.401 e. The van der Waals surface area contributed by atoms with E-state index in [1.165, 1.54) is 4.90 Å². The molecule has 0 saturated carbocycles. The maximum Gasteiger partial charge on any atom is 0.401 e. The molecule has 2 fully saturated rings. The van der Waals surface area contributed by atoms with Crippen LogP contribution in [-0.4, -0.2) is 80.1 Å². The van der Waals surface area contributed by atoms with Gasteiger partial charge in [0.2, 0.25) is 0 Å². The molecule has 5 rings (SSSR count). The van der Waals surface area contributed by atoms with E-state index >= 15 is 4.39 Å². The van der Waals surface area contributed by atoms with Gasteiger partial charge in [0.1, 0.15) is 17.5 Å². The molecule has 2 aliphatic heterocycles. The predicted molar refractivity (Wildman–Crippen MR) is 132 cm³/mol. The molecule has 0 amide bonds. The minimum atomic E-state index is -4.27. The number of piperazine rings is 1. The molecule has 0 spiro atoms. The van der Waals surface area contributed by atoms with Gasteiger partial charge in [-0.25, -0.2) is 13.8 Å². The molecule has 0 unspecified atom stereocenters. The number of pyridine rings is 2. The number of hydrogen-bond acceptors (Lipinski definition) is 7. The van der Waals surface area contributed by atoms with E-state index in [9.17, 15) is 17.6 Å². The lowest BCUT2D eigenvalue weighted by atomic mass is 10.1. The number of aromatic nitrogens is 2. The molecular weight excluding hydrogens is 495 g/mol. The summed E-state index contributed by atoms with van der Waals surface area (Å²) in [6.45, 7) is 4.48. The van der Waals surface area contributed by atoms with Gasteiger partial charge in [-0.15, -0.1) is 0 Å². The smallest absolute Gasteiger partial charge is 0.378 e. The van der Waals surface area contributed by atoms with E-state index in [4.69, 9.17) is 4.74 Å². The molecule has 1 aromatic carbocycles. The highest BCUT2D eigenvalue weighted by atomic mass is 19.4. The minimum Gasteiger partial charge on any atom is -0.378 e. The highest BCUT2D eigenvalue weighted by Gasteiger charge is 2.33. The molecule has 12 heteroatoms. The highest BCUT2D eigenvalue weighted by Crippen LogP contribution is 2.37. The van der Waals surface area contributed by atoms with Crippen LogP contribution in [0.4, 0.5) is 44.8 Å². The average Bonchev–Trinajstić information content (AvgIpc) is 2.86. The zero-order valence-electron chi connectivity index (χ0n) is 20.3. The Hall–Kier alpha value is -3.25. The van der Waals surface area contributed by atoms with Crippen molar-refractivity contribution in [2.45, 2.75) is 13.1 Å². The van der Waals surface area contributed by atoms with E-state index in [1.54, 1.807) is 19.3 Å². The summed E-state index contributed by atoms with van der Waals surface area (Å²) in [5, 5.41) is 3.40. The van der Waals surface area contributed by atoms with Crippen molar-refractivity contribution < 1.29 is 26.7 Å². The van der Waals surface area contributed by atoms with Crippen LogP contribution >= 0.6 is 0 Å². The van der Waals surface area contributed by atoms with Crippen LogP contribution in [-0.2, 0) is 4.74 Å². The zero-order chi connectivity index (χ0) is 26.2. The Kier molecular flexibility index (Phi) is 7.04. The summed E-state index contributed by atoms with van der Waals surface area (Å²) in [7, 11) is 0. The first-order valence-electron chi connectivity index (χ1n) is 12.1. The molecule has 7 nitrogen and oxygen atoms in total. The molecule has 37 heavy (non-hydrogen) atoms. The molecule has 0 aliphatic carbocycles. The van der Waals surface area contributed by atoms with E-state index in [0.29, 0.717) is 49.1 Å². The maximum absolute atomic E-state index is 15.1. The molecule has 0 bridgehead atoms. The molecule has 4 heterocycles. The van der Waals surface area contributed by atoms with E-state index in [1.807, 2.05) is 11.0 Å². The van der Waals surface area contributed by atoms with Crippen LogP contribution in [0.15, 0.2) is 30.6 Å². The Morgan fingerprint density at radius 1 is 0.946 bits per heavy atom. The number of hydrogen-bond donors (Lipinski definition) is 1. The number of alkyl halides is 3. The summed E-state index contributed by atoms with van der Waals surface area (Å²) in [4.78, 5) is 14.2. The Bertz CT molecular complexity index is 1270. The van der Waals surface area contributed by atoms with Crippen molar-refractivity contribution in [2.75, 3.05) is 74.1 Å². The summed E-state index contributed by atoms with van der Waals surface area (Å²) >= 11 is 0. The lowest BCUT2D eigenvalue weighted by Crippen LogP contribution is -2.49. The Morgan fingerprint density at radius 2 is 1.68 bits per heavy atom. The second-order valence-corrected chi connectivity index (χ2v) is 9.25. The van der Waals surface area contributed by atoms with Gasteiger partial charge >= 0.3 is 6.18 Å². The Morgan fingerprint density at radius 3 is 2.38 bits per heavy atom. The number of ether oxygens (including phenoxy) is 1. The number of anilines is 4. The molecule has 0 atom stereocenters. The van der Waals surface area contributed by atoms with Crippen LogP contribution in [0.2, 0.25) is 0 Å². The van der Waals surface area contributed by atoms with Crippen molar-refractivity contribution in [1.82, 2.24) is 14.9 Å². The van der Waals surface area contributed by atoms with Gasteiger partial charge in [-0.1, -0.05) is 0 Å². The fraction of sp³-hybridized carbons (Fsp3) is 0.440. The number of halogens is 5. The molecule has 3 aromatic rings. The number of benzene rings is 1. The minimum absolute atomic E-state index is 0.121. The molecule has 2 aromatic heterocycles. The standard InChI is InChI=1S/C25H27F5N6O/c1-16-23(32-18-12-19(14-31-13-18)35-6-8-37-9-7-35)22-20(27)10-17(26)11-21(22)33-24(16)36-4-2-34(3-5-36)15-25(28,29)30/h10-14H,2-9,15H2,1H3,(H,32,33). The first-order valence-corrected chi connectivity index (χ1v) is 12.1. The van der Waals surface area contributed by atoms with Gasteiger partial charge in [-0.05, 0) is 13.0 Å². The number of nitrogens with zero attached hydrogens (tertiary/aromatic N) is 5. The summed E-state index contributed by atoms with van der Waals surface area (Å²) < 4.78 is 73.1. The van der Waals surface area contributed by atoms with Crippen molar-refractivity contribution in [3.63, 3.8) is 0 Å². The maximum atomic E-state index is 15.1. The van der Waals surface area contributed by atoms with Crippen molar-refractivity contribution in [1.29, 1.82) is 0 Å². The topological polar surface area (TPSA) is 56.8 Å². The van der Waals surface area contributed by atoms with Gasteiger partial charge in [-0.3, -0.25) is 9.88 Å². The first kappa shape index (κ1) is 25.4. The van der Waals surface area contributed by atoms with Crippen molar-refractivity contribution in [3.8, 4) is 0 Å². The molecule has 2 saturated heterocycles. The van der Waals surface area contributed by atoms with Crippen LogP contribution in [0.1, 0.15) is 5.56 Å². The number of fused-ring (bicyclic) bond motifs is 1. The molecule has 2 aliphatic rings. The number of nitrogens with one attached hydrogen (secondary N) is 1. The highest BCUT2D eigenvalue weighted by molar-refractivity contribution is 5.97. The second kappa shape index (κ2) is 10.3. The molecule has 0 radical (unpaired) electrons. The Balaban J connectivity index is 1.49. The summed E-state index contributed by atoms with van der Waals surface area (Å²) in [6.07, 6.45) is -0.905. The average molecular weight is 523 g/mol. The zero-order valence-corrected chi connectivity index (χ0v) is 20.3. The second-order valence-electron chi connectivity index (χ2n) is 9.25. The van der Waals surface area contributed by atoms with Crippen LogP contribution in [0.5, 0.6) is 0 Å². The van der Waals surface area contributed by atoms with Gasteiger partial charge in [0.25, 0.3) is 0 Å². The van der Waals surface area contributed by atoms with Gasteiger partial charge < -0.3 is 19.9 Å². The summed E-state index contributed by atoms with van der Waals surface area (Å²) in [5.41, 5.74) is 2.65. The van der Waals surface area contributed by atoms with Gasteiger partial charge in [0, 0.05) is 57.0 Å². The quantitative estimate of drug-likeness (QED) is 0.496. The first-order chi connectivity index (χ1) is 17.7. The fourth-order valence-corrected chi connectivity index (χ4v) is 4.86. The van der Waals surface area contributed by atoms with E-state index in [0.717, 1.165) is 30.9 Å². The van der Waals surface area contributed by atoms with Crippen LogP contribution < -0.4 is 15.1 Å². The number of rotatable bonds is 5. The monoisotopic (exact) mass is 522 g/mol. The molecular formula is C25H27F5N6O. The van der Waals surface area contributed by atoms with Gasteiger partial charge in [0.05, 0.1) is 60.1 Å². The number of morpholine rings is 1. The summed E-state index contributed by atoms with van der Waals surface area (Å²) in [6, 6.07) is 3.88. The van der Waals surface area contributed by atoms with Crippen molar-refractivity contribution >= 4 is 33.8 Å². The fourth-order valence-electron chi connectivity index (χ4n) is 4.86. The lowest BCUT2D eigenvalue weighted by molar-refractivity contribution is -0.146. The third-order valence-electron chi connectivity index (χ3n) is 6.67. The molecule has 1 N–H and O–H groups in total. The van der Waals surface area contributed by atoms with Crippen molar-refractivity contribution in [2.24, 2.45) is 0 Å². The Labute approximate surface area is 210 Å². The van der Waals surface area contributed by atoms with Crippen LogP contribution in [0, 0.1) is 18.6 Å². The van der Waals surface area contributed by atoms with E-state index in [-0.39, 0.29) is 24.0 Å². The van der Waals surface area contributed by atoms with Crippen LogP contribution in [0.3, 0.4) is 0 Å². The summed E-state index contributed by atoms with van der Waals surface area (Å²) in [5.74, 6) is -1.04. The van der Waals surface area contributed by atoms with Crippen molar-refractivity contribution in [3.05, 3.63) is 47.8 Å². The van der Waals surface area contributed by atoms with Gasteiger partial charge in [-0.2, -0.15) is 13.2 Å². The lowest BCUT2D eigenvalue weighted by Gasteiger charge is -2.36. The SMILES string of the molecule is Cc1c(N2CCN(CC(F)(F)F)CC2)nc2cc(F)cc(F)c2c1Nc1cncc(N2CCOCC2)c1. The molecule has 198 valence electrons. The predicted octanol–water partition coefficient (Wildman–Crippen LogP) is 4.48.